The normalized spacial score (nSPS) is 12.0. The zero-order chi connectivity index (χ0) is 15.8. The van der Waals surface area contributed by atoms with Gasteiger partial charge in [-0.05, 0) is 33.5 Å². The van der Waals surface area contributed by atoms with Crippen molar-refractivity contribution in [1.82, 2.24) is 15.5 Å². The first-order chi connectivity index (χ1) is 10.2. The highest BCUT2D eigenvalue weighted by molar-refractivity contribution is 5.79. The number of rotatable bonds is 13. The lowest BCUT2D eigenvalue weighted by atomic mass is 10.4. The van der Waals surface area contributed by atoms with E-state index in [2.05, 4.69) is 41.5 Å². The summed E-state index contributed by atoms with van der Waals surface area (Å²) in [5.41, 5.74) is 0. The maximum absolute atomic E-state index is 5.49. The highest BCUT2D eigenvalue weighted by Crippen LogP contribution is 1.87. The fourth-order valence-corrected chi connectivity index (χ4v) is 1.63. The van der Waals surface area contributed by atoms with E-state index in [4.69, 9.17) is 9.47 Å². The summed E-state index contributed by atoms with van der Waals surface area (Å²) >= 11 is 0. The Labute approximate surface area is 130 Å². The van der Waals surface area contributed by atoms with Crippen molar-refractivity contribution in [2.45, 2.75) is 26.2 Å². The van der Waals surface area contributed by atoms with Crippen LogP contribution < -0.4 is 10.6 Å². The van der Waals surface area contributed by atoms with Crippen molar-refractivity contribution >= 4 is 5.96 Å². The van der Waals surface area contributed by atoms with Crippen molar-refractivity contribution in [3.63, 3.8) is 0 Å². The quantitative estimate of drug-likeness (QED) is 0.301. The third kappa shape index (κ3) is 15.4. The second-order valence-electron chi connectivity index (χ2n) is 5.16. The summed E-state index contributed by atoms with van der Waals surface area (Å²) < 4.78 is 10.9. The van der Waals surface area contributed by atoms with E-state index in [1.165, 1.54) is 6.42 Å². The zero-order valence-electron chi connectivity index (χ0n) is 14.3. The van der Waals surface area contributed by atoms with Crippen molar-refractivity contribution in [3.05, 3.63) is 0 Å². The molecule has 0 radical (unpaired) electrons. The summed E-state index contributed by atoms with van der Waals surface area (Å²) in [6, 6.07) is 0. The van der Waals surface area contributed by atoms with Crippen molar-refractivity contribution in [2.24, 2.45) is 4.99 Å². The van der Waals surface area contributed by atoms with E-state index in [1.54, 1.807) is 7.05 Å². The molecule has 0 fully saturated rings. The monoisotopic (exact) mass is 302 g/mol. The molecule has 0 amide bonds. The fourth-order valence-electron chi connectivity index (χ4n) is 1.63. The summed E-state index contributed by atoms with van der Waals surface area (Å²) in [5, 5.41) is 6.51. The summed E-state index contributed by atoms with van der Waals surface area (Å²) in [7, 11) is 5.94. The standard InChI is InChI=1S/C15H34N4O2/c1-5-6-11-20-13-14-21-12-9-18-15(16-2)17-8-7-10-19(3)4/h5-14H2,1-4H3,(H2,16,17,18). The Balaban J connectivity index is 3.35. The van der Waals surface area contributed by atoms with Crippen molar-refractivity contribution < 1.29 is 9.47 Å². The molecule has 2 N–H and O–H groups in total. The maximum atomic E-state index is 5.49. The van der Waals surface area contributed by atoms with Crippen LogP contribution in [-0.4, -0.2) is 78.1 Å². The Morgan fingerprint density at radius 3 is 2.24 bits per heavy atom. The molecule has 0 aromatic heterocycles. The average molecular weight is 302 g/mol. The molecule has 0 atom stereocenters. The smallest absolute Gasteiger partial charge is 0.191 e. The average Bonchev–Trinajstić information content (AvgIpc) is 2.47. The van der Waals surface area contributed by atoms with Gasteiger partial charge in [0.2, 0.25) is 0 Å². The van der Waals surface area contributed by atoms with Gasteiger partial charge >= 0.3 is 0 Å². The molecule has 0 bridgehead atoms. The van der Waals surface area contributed by atoms with Crippen molar-refractivity contribution in [3.8, 4) is 0 Å². The Bertz CT molecular complexity index is 248. The molecule has 0 saturated heterocycles. The van der Waals surface area contributed by atoms with Gasteiger partial charge in [-0.15, -0.1) is 0 Å². The first-order valence-corrected chi connectivity index (χ1v) is 7.95. The molecule has 0 aliphatic carbocycles. The lowest BCUT2D eigenvalue weighted by molar-refractivity contribution is 0.0487. The van der Waals surface area contributed by atoms with Gasteiger partial charge in [0, 0.05) is 26.7 Å². The number of guanidine groups is 1. The minimum atomic E-state index is 0.653. The van der Waals surface area contributed by atoms with Gasteiger partial charge in [-0.2, -0.15) is 0 Å². The molecular weight excluding hydrogens is 268 g/mol. The summed E-state index contributed by atoms with van der Waals surface area (Å²) in [6.07, 6.45) is 3.39. The molecule has 126 valence electrons. The lowest BCUT2D eigenvalue weighted by Gasteiger charge is -2.13. The SMILES string of the molecule is CCCCOCCOCCNC(=NC)NCCCN(C)C. The van der Waals surface area contributed by atoms with Gasteiger partial charge in [0.25, 0.3) is 0 Å². The molecule has 0 aromatic carbocycles. The first kappa shape index (κ1) is 20.1. The van der Waals surface area contributed by atoms with Gasteiger partial charge in [-0.3, -0.25) is 4.99 Å². The number of hydrogen-bond donors (Lipinski definition) is 2. The van der Waals surface area contributed by atoms with Gasteiger partial charge in [0.1, 0.15) is 0 Å². The molecule has 0 spiro atoms. The van der Waals surface area contributed by atoms with E-state index in [0.717, 1.165) is 45.0 Å². The molecule has 0 aliphatic rings. The van der Waals surface area contributed by atoms with E-state index in [1.807, 2.05) is 0 Å². The minimum absolute atomic E-state index is 0.653. The largest absolute Gasteiger partial charge is 0.379 e. The molecule has 21 heavy (non-hydrogen) atoms. The van der Waals surface area contributed by atoms with Crippen molar-refractivity contribution in [2.75, 3.05) is 67.2 Å². The molecule has 6 nitrogen and oxygen atoms in total. The molecule has 0 aromatic rings. The van der Waals surface area contributed by atoms with Crippen LogP contribution in [0.2, 0.25) is 0 Å². The number of nitrogens with zero attached hydrogens (tertiary/aromatic N) is 2. The van der Waals surface area contributed by atoms with E-state index >= 15 is 0 Å². The third-order valence-corrected chi connectivity index (χ3v) is 2.85. The van der Waals surface area contributed by atoms with Gasteiger partial charge in [0.05, 0.1) is 19.8 Å². The number of hydrogen-bond acceptors (Lipinski definition) is 4. The van der Waals surface area contributed by atoms with Crippen LogP contribution >= 0.6 is 0 Å². The topological polar surface area (TPSA) is 58.1 Å². The predicted molar refractivity (Wildman–Crippen MR) is 89.1 cm³/mol. The van der Waals surface area contributed by atoms with Gasteiger partial charge < -0.3 is 25.0 Å². The first-order valence-electron chi connectivity index (χ1n) is 7.95. The fraction of sp³-hybridized carbons (Fsp3) is 0.933. The molecule has 0 unspecified atom stereocenters. The van der Waals surface area contributed by atoms with E-state index in [0.29, 0.717) is 19.8 Å². The highest BCUT2D eigenvalue weighted by Gasteiger charge is 1.97. The highest BCUT2D eigenvalue weighted by atomic mass is 16.5. The molecule has 0 rings (SSSR count). The molecule has 0 aliphatic heterocycles. The van der Waals surface area contributed by atoms with E-state index in [9.17, 15) is 0 Å². The molecule has 0 heterocycles. The van der Waals surface area contributed by atoms with Gasteiger partial charge in [-0.25, -0.2) is 0 Å². The third-order valence-electron chi connectivity index (χ3n) is 2.85. The van der Waals surface area contributed by atoms with Crippen LogP contribution in [0.1, 0.15) is 26.2 Å². The van der Waals surface area contributed by atoms with Gasteiger partial charge in [0.15, 0.2) is 5.96 Å². The Morgan fingerprint density at radius 2 is 1.62 bits per heavy atom. The number of ether oxygens (including phenoxy) is 2. The van der Waals surface area contributed by atoms with Crippen LogP contribution in [0.15, 0.2) is 4.99 Å². The van der Waals surface area contributed by atoms with Crippen LogP contribution in [0.5, 0.6) is 0 Å². The number of nitrogens with one attached hydrogen (secondary N) is 2. The predicted octanol–water partition coefficient (Wildman–Crippen LogP) is 0.936. The second kappa shape index (κ2) is 15.5. The molecular formula is C15H34N4O2. The van der Waals surface area contributed by atoms with Crippen LogP contribution in [0, 0.1) is 0 Å². The molecule has 0 saturated carbocycles. The Kier molecular flexibility index (Phi) is 14.9. The summed E-state index contributed by atoms with van der Waals surface area (Å²) in [4.78, 5) is 6.35. The number of unbranched alkanes of at least 4 members (excludes halogenated alkanes) is 1. The van der Waals surface area contributed by atoms with Crippen LogP contribution in [0.25, 0.3) is 0 Å². The number of aliphatic imine (C=N–C) groups is 1. The van der Waals surface area contributed by atoms with Crippen LogP contribution in [-0.2, 0) is 9.47 Å². The minimum Gasteiger partial charge on any atom is -0.379 e. The maximum Gasteiger partial charge on any atom is 0.191 e. The Morgan fingerprint density at radius 1 is 0.952 bits per heavy atom. The van der Waals surface area contributed by atoms with Crippen LogP contribution in [0.4, 0.5) is 0 Å². The summed E-state index contributed by atoms with van der Waals surface area (Å²) in [5.74, 6) is 0.830. The van der Waals surface area contributed by atoms with Crippen LogP contribution in [0.3, 0.4) is 0 Å². The van der Waals surface area contributed by atoms with E-state index < -0.39 is 0 Å². The van der Waals surface area contributed by atoms with Crippen molar-refractivity contribution in [1.29, 1.82) is 0 Å². The summed E-state index contributed by atoms with van der Waals surface area (Å²) in [6.45, 7) is 7.74. The van der Waals surface area contributed by atoms with E-state index in [-0.39, 0.29) is 0 Å². The zero-order valence-corrected chi connectivity index (χ0v) is 14.3. The van der Waals surface area contributed by atoms with Gasteiger partial charge in [-0.1, -0.05) is 13.3 Å². The Hall–Kier alpha value is -0.850. The lowest BCUT2D eigenvalue weighted by Crippen LogP contribution is -2.40. The second-order valence-corrected chi connectivity index (χ2v) is 5.16. The molecule has 6 heteroatoms.